The summed E-state index contributed by atoms with van der Waals surface area (Å²) < 4.78 is 0. The van der Waals surface area contributed by atoms with Gasteiger partial charge in [0.15, 0.2) is 0 Å². The van der Waals surface area contributed by atoms with Crippen molar-refractivity contribution in [2.75, 3.05) is 34.2 Å². The lowest BCUT2D eigenvalue weighted by Crippen LogP contribution is -2.57. The quantitative estimate of drug-likeness (QED) is 0.705. The second kappa shape index (κ2) is 7.99. The second-order valence-corrected chi connectivity index (χ2v) is 6.61. The molecule has 1 atom stereocenters. The third kappa shape index (κ3) is 4.45. The van der Waals surface area contributed by atoms with E-state index in [0.717, 1.165) is 32.4 Å². The number of rotatable bonds is 9. The molecule has 0 aromatic carbocycles. The van der Waals surface area contributed by atoms with Crippen LogP contribution in [0.2, 0.25) is 0 Å². The summed E-state index contributed by atoms with van der Waals surface area (Å²) >= 11 is 0. The molecular weight excluding hydrogens is 250 g/mol. The highest BCUT2D eigenvalue weighted by atomic mass is 16.2. The molecule has 4 heteroatoms. The summed E-state index contributed by atoms with van der Waals surface area (Å²) in [4.78, 5) is 16.5. The summed E-state index contributed by atoms with van der Waals surface area (Å²) in [5.74, 6) is 0.887. The molecule has 1 saturated carbocycles. The van der Waals surface area contributed by atoms with Crippen molar-refractivity contribution in [1.82, 2.24) is 9.80 Å². The first-order valence-electron chi connectivity index (χ1n) is 8.06. The Labute approximate surface area is 124 Å². The van der Waals surface area contributed by atoms with E-state index in [-0.39, 0.29) is 11.4 Å². The van der Waals surface area contributed by atoms with Crippen LogP contribution >= 0.6 is 0 Å². The average molecular weight is 283 g/mol. The molecule has 0 spiro atoms. The highest BCUT2D eigenvalue weighted by Gasteiger charge is 2.40. The molecule has 1 fully saturated rings. The Hall–Kier alpha value is -0.610. The monoisotopic (exact) mass is 283 g/mol. The Balaban J connectivity index is 2.39. The van der Waals surface area contributed by atoms with Crippen molar-refractivity contribution in [2.45, 2.75) is 57.4 Å². The molecule has 20 heavy (non-hydrogen) atoms. The van der Waals surface area contributed by atoms with Crippen molar-refractivity contribution in [3.05, 3.63) is 0 Å². The van der Waals surface area contributed by atoms with Gasteiger partial charge in [-0.25, -0.2) is 0 Å². The molecular formula is C16H33N3O. The van der Waals surface area contributed by atoms with Crippen LogP contribution in [0, 0.1) is 5.92 Å². The molecule has 118 valence electrons. The number of likely N-dealkylation sites (N-methyl/N-ethyl adjacent to an activating group) is 2. The van der Waals surface area contributed by atoms with Gasteiger partial charge >= 0.3 is 0 Å². The first kappa shape index (κ1) is 17.4. The van der Waals surface area contributed by atoms with Crippen LogP contribution in [0.15, 0.2) is 0 Å². The van der Waals surface area contributed by atoms with E-state index in [1.54, 1.807) is 0 Å². The van der Waals surface area contributed by atoms with Crippen LogP contribution < -0.4 is 5.73 Å². The van der Waals surface area contributed by atoms with Gasteiger partial charge in [0, 0.05) is 25.6 Å². The van der Waals surface area contributed by atoms with Gasteiger partial charge in [0.1, 0.15) is 0 Å². The van der Waals surface area contributed by atoms with Crippen LogP contribution in [0.25, 0.3) is 0 Å². The molecule has 1 rings (SSSR count). The predicted octanol–water partition coefficient (Wildman–Crippen LogP) is 2.08. The summed E-state index contributed by atoms with van der Waals surface area (Å²) in [5.41, 5.74) is 5.84. The minimum absolute atomic E-state index is 0.228. The maximum atomic E-state index is 12.3. The smallest absolute Gasteiger partial charge is 0.222 e. The lowest BCUT2D eigenvalue weighted by molar-refractivity contribution is -0.133. The Bertz CT molecular complexity index is 300. The second-order valence-electron chi connectivity index (χ2n) is 6.61. The molecule has 0 aromatic heterocycles. The molecule has 4 nitrogen and oxygen atoms in total. The molecule has 0 heterocycles. The molecule has 0 bridgehead atoms. The van der Waals surface area contributed by atoms with Crippen molar-refractivity contribution in [2.24, 2.45) is 11.7 Å². The number of nitrogens with two attached hydrogens (primary N) is 1. The van der Waals surface area contributed by atoms with Crippen LogP contribution in [0.1, 0.15) is 51.9 Å². The van der Waals surface area contributed by atoms with E-state index in [4.69, 9.17) is 5.73 Å². The molecule has 1 aliphatic rings. The Kier molecular flexibility index (Phi) is 6.96. The molecule has 2 N–H and O–H groups in total. The zero-order valence-corrected chi connectivity index (χ0v) is 13.8. The highest BCUT2D eigenvalue weighted by Crippen LogP contribution is 2.36. The first-order valence-corrected chi connectivity index (χ1v) is 8.06. The van der Waals surface area contributed by atoms with Gasteiger partial charge in [-0.3, -0.25) is 4.79 Å². The number of amides is 1. The first-order chi connectivity index (χ1) is 9.45. The van der Waals surface area contributed by atoms with E-state index in [1.807, 2.05) is 11.9 Å². The van der Waals surface area contributed by atoms with Gasteiger partial charge in [0.05, 0.1) is 0 Å². The number of carbonyl (C=O) groups is 1. The van der Waals surface area contributed by atoms with E-state index in [1.165, 1.54) is 19.3 Å². The van der Waals surface area contributed by atoms with Gasteiger partial charge in [-0.15, -0.1) is 0 Å². The molecule has 0 radical (unpaired) electrons. The lowest BCUT2D eigenvalue weighted by atomic mass is 9.75. The topological polar surface area (TPSA) is 49.6 Å². The Morgan fingerprint density at radius 3 is 2.30 bits per heavy atom. The number of nitrogens with zero attached hydrogens (tertiary/aromatic N) is 2. The minimum atomic E-state index is 0.228. The maximum absolute atomic E-state index is 12.3. The summed E-state index contributed by atoms with van der Waals surface area (Å²) in [6.45, 7) is 3.78. The lowest BCUT2D eigenvalue weighted by Gasteiger charge is -2.49. The Morgan fingerprint density at radius 2 is 1.90 bits per heavy atom. The summed E-state index contributed by atoms with van der Waals surface area (Å²) in [6.07, 6.45) is 7.51. The number of hydrogen-bond acceptors (Lipinski definition) is 3. The van der Waals surface area contributed by atoms with Gasteiger partial charge < -0.3 is 15.5 Å². The van der Waals surface area contributed by atoms with Gasteiger partial charge in [-0.1, -0.05) is 13.3 Å². The van der Waals surface area contributed by atoms with Crippen molar-refractivity contribution in [1.29, 1.82) is 0 Å². The number of carbonyl (C=O) groups excluding carboxylic acids is 1. The van der Waals surface area contributed by atoms with Gasteiger partial charge in [-0.05, 0) is 58.7 Å². The number of hydrogen-bond donors (Lipinski definition) is 1. The normalized spacial score (nSPS) is 18.7. The van der Waals surface area contributed by atoms with Gasteiger partial charge in [0.25, 0.3) is 0 Å². The molecule has 1 unspecified atom stereocenters. The Morgan fingerprint density at radius 1 is 1.25 bits per heavy atom. The predicted molar refractivity (Wildman–Crippen MR) is 84.6 cm³/mol. The summed E-state index contributed by atoms with van der Waals surface area (Å²) in [5, 5.41) is 0. The van der Waals surface area contributed by atoms with Crippen LogP contribution in [-0.4, -0.2) is 55.5 Å². The van der Waals surface area contributed by atoms with Crippen LogP contribution in [0.5, 0.6) is 0 Å². The zero-order chi connectivity index (χ0) is 15.2. The minimum Gasteiger partial charge on any atom is -0.344 e. The SMILES string of the molecule is CCC(CCN)CCC(=O)N(C)CC1(N(C)C)CCC1. The fourth-order valence-corrected chi connectivity index (χ4v) is 3.17. The summed E-state index contributed by atoms with van der Waals surface area (Å²) in [6, 6.07) is 0. The van der Waals surface area contributed by atoms with Crippen LogP contribution in [0.3, 0.4) is 0 Å². The van der Waals surface area contributed by atoms with Crippen molar-refractivity contribution < 1.29 is 4.79 Å². The third-order valence-corrected chi connectivity index (χ3v) is 5.11. The maximum Gasteiger partial charge on any atom is 0.222 e. The van der Waals surface area contributed by atoms with E-state index < -0.39 is 0 Å². The highest BCUT2D eigenvalue weighted by molar-refractivity contribution is 5.76. The van der Waals surface area contributed by atoms with Crippen molar-refractivity contribution in [3.8, 4) is 0 Å². The molecule has 0 saturated heterocycles. The molecule has 1 aliphatic carbocycles. The fourth-order valence-electron chi connectivity index (χ4n) is 3.17. The van der Waals surface area contributed by atoms with Crippen LogP contribution in [-0.2, 0) is 4.79 Å². The molecule has 1 amide bonds. The van der Waals surface area contributed by atoms with Crippen LogP contribution in [0.4, 0.5) is 0 Å². The molecule has 0 aromatic rings. The van der Waals surface area contributed by atoms with E-state index in [2.05, 4.69) is 25.9 Å². The molecule has 0 aliphatic heterocycles. The van der Waals surface area contributed by atoms with E-state index in [9.17, 15) is 4.79 Å². The van der Waals surface area contributed by atoms with Crippen molar-refractivity contribution in [3.63, 3.8) is 0 Å². The van der Waals surface area contributed by atoms with Gasteiger partial charge in [0.2, 0.25) is 5.91 Å². The third-order valence-electron chi connectivity index (χ3n) is 5.11. The zero-order valence-electron chi connectivity index (χ0n) is 13.8. The fraction of sp³-hybridized carbons (Fsp3) is 0.938. The summed E-state index contributed by atoms with van der Waals surface area (Å²) in [7, 11) is 6.22. The van der Waals surface area contributed by atoms with Crippen molar-refractivity contribution >= 4 is 5.91 Å². The van der Waals surface area contributed by atoms with Gasteiger partial charge in [-0.2, -0.15) is 0 Å². The standard InChI is InChI=1S/C16H33N3O/c1-5-14(9-12-17)7-8-15(20)19(4)13-16(18(2)3)10-6-11-16/h14H,5-13,17H2,1-4H3. The van der Waals surface area contributed by atoms with E-state index >= 15 is 0 Å². The van der Waals surface area contributed by atoms with E-state index in [0.29, 0.717) is 12.3 Å². The average Bonchev–Trinajstić information content (AvgIpc) is 2.37. The largest absolute Gasteiger partial charge is 0.344 e.